The van der Waals surface area contributed by atoms with Crippen LogP contribution in [-0.2, 0) is 13.0 Å². The average molecular weight is 478 g/mol. The maximum Gasteiger partial charge on any atom is 0.251 e. The van der Waals surface area contributed by atoms with Gasteiger partial charge < -0.3 is 16.0 Å². The highest BCUT2D eigenvalue weighted by Crippen LogP contribution is 2.30. The highest BCUT2D eigenvalue weighted by Gasteiger charge is 2.19. The average Bonchev–Trinajstić information content (AvgIpc) is 2.92. The second kappa shape index (κ2) is 10.6. The van der Waals surface area contributed by atoms with Gasteiger partial charge >= 0.3 is 0 Å². The Bertz CT molecular complexity index is 1340. The van der Waals surface area contributed by atoms with Gasteiger partial charge in [0.1, 0.15) is 0 Å². The third kappa shape index (κ3) is 5.25. The molecule has 1 heterocycles. The van der Waals surface area contributed by atoms with E-state index in [2.05, 4.69) is 46.6 Å². The van der Waals surface area contributed by atoms with Gasteiger partial charge in [0.05, 0.1) is 0 Å². The molecule has 0 atom stereocenters. The molecular weight excluding hydrogens is 446 g/mol. The molecule has 0 saturated heterocycles. The first-order valence-electron chi connectivity index (χ1n) is 12.6. The summed E-state index contributed by atoms with van der Waals surface area (Å²) in [7, 11) is 0. The molecular formula is C31H31N3O2. The van der Waals surface area contributed by atoms with Crippen molar-refractivity contribution in [1.29, 1.82) is 0 Å². The fourth-order valence-corrected chi connectivity index (χ4v) is 5.02. The minimum atomic E-state index is -0.421. The lowest BCUT2D eigenvalue weighted by Gasteiger charge is -2.32. The quantitative estimate of drug-likeness (QED) is 0.478. The first kappa shape index (κ1) is 23.6. The lowest BCUT2D eigenvalue weighted by Crippen LogP contribution is -2.30. The number of aryl methyl sites for hydroxylation is 1. The number of nitrogens with one attached hydrogen (secondary N) is 1. The number of carbonyl (C=O) groups excluding carboxylic acids is 2. The number of anilines is 1. The van der Waals surface area contributed by atoms with Crippen molar-refractivity contribution in [1.82, 2.24) is 5.32 Å². The number of hydrogen-bond acceptors (Lipinski definition) is 3. The van der Waals surface area contributed by atoms with Gasteiger partial charge in [0.15, 0.2) is 0 Å². The number of carbonyl (C=O) groups is 2. The van der Waals surface area contributed by atoms with Crippen molar-refractivity contribution in [2.45, 2.75) is 32.2 Å². The molecule has 0 bridgehead atoms. The standard InChI is InChI=1S/C31H31N3O2/c32-30(35)28-11-5-4-10-27(28)24-14-12-23(13-15-24)21-34-18-6-9-25-19-26(16-17-29(25)34)31(36)33-20-22-7-2-1-3-8-22/h2,4-5,7-8,10-17,19H,1,3,6,9,18,20-21H2,(H2,32,35)(H,33,36). The smallest absolute Gasteiger partial charge is 0.251 e. The number of nitrogens with zero attached hydrogens (tertiary/aromatic N) is 1. The van der Waals surface area contributed by atoms with Gasteiger partial charge in [0, 0.05) is 36.4 Å². The number of primary amides is 1. The molecule has 1 aliphatic heterocycles. The SMILES string of the molecule is NC(=O)c1ccccc1-c1ccc(CN2CCCc3cc(C(=O)NCC4=CCCC=C4)ccc32)cc1. The van der Waals surface area contributed by atoms with E-state index < -0.39 is 5.91 Å². The number of allylic oxidation sites excluding steroid dienone is 2. The highest BCUT2D eigenvalue weighted by molar-refractivity contribution is 5.99. The van der Waals surface area contributed by atoms with Crippen LogP contribution in [0.1, 0.15) is 51.1 Å². The molecule has 0 saturated carbocycles. The molecule has 2 amide bonds. The van der Waals surface area contributed by atoms with Crippen LogP contribution >= 0.6 is 0 Å². The zero-order valence-electron chi connectivity index (χ0n) is 20.4. The molecule has 0 unspecified atom stereocenters. The van der Waals surface area contributed by atoms with E-state index in [1.54, 1.807) is 6.07 Å². The van der Waals surface area contributed by atoms with Gasteiger partial charge in [-0.1, -0.05) is 60.7 Å². The molecule has 2 aliphatic rings. The second-order valence-electron chi connectivity index (χ2n) is 9.42. The van der Waals surface area contributed by atoms with Crippen molar-refractivity contribution >= 4 is 17.5 Å². The van der Waals surface area contributed by atoms with E-state index in [1.165, 1.54) is 22.4 Å². The predicted octanol–water partition coefficient (Wildman–Crippen LogP) is 5.41. The van der Waals surface area contributed by atoms with Crippen LogP contribution in [-0.4, -0.2) is 24.9 Å². The topological polar surface area (TPSA) is 75.4 Å². The van der Waals surface area contributed by atoms with Crippen LogP contribution < -0.4 is 16.0 Å². The number of fused-ring (bicyclic) bond motifs is 1. The third-order valence-corrected chi connectivity index (χ3v) is 6.91. The molecule has 1 aliphatic carbocycles. The van der Waals surface area contributed by atoms with Gasteiger partial charge in [0.25, 0.3) is 5.91 Å². The summed E-state index contributed by atoms with van der Waals surface area (Å²) in [6.45, 7) is 2.33. The van der Waals surface area contributed by atoms with E-state index in [1.807, 2.05) is 42.5 Å². The van der Waals surface area contributed by atoms with Gasteiger partial charge in [-0.2, -0.15) is 0 Å². The van der Waals surface area contributed by atoms with Crippen LogP contribution in [0.3, 0.4) is 0 Å². The summed E-state index contributed by atoms with van der Waals surface area (Å²) in [5.74, 6) is -0.447. The molecule has 5 rings (SSSR count). The van der Waals surface area contributed by atoms with Gasteiger partial charge in [-0.3, -0.25) is 9.59 Å². The summed E-state index contributed by atoms with van der Waals surface area (Å²) in [4.78, 5) is 26.9. The lowest BCUT2D eigenvalue weighted by molar-refractivity contribution is 0.0955. The summed E-state index contributed by atoms with van der Waals surface area (Å²) in [6.07, 6.45) is 10.6. The Morgan fingerprint density at radius 2 is 1.81 bits per heavy atom. The zero-order chi connectivity index (χ0) is 24.9. The molecule has 0 radical (unpaired) electrons. The predicted molar refractivity (Wildman–Crippen MR) is 145 cm³/mol. The summed E-state index contributed by atoms with van der Waals surface area (Å²) in [5.41, 5.74) is 13.4. The fourth-order valence-electron chi connectivity index (χ4n) is 5.02. The van der Waals surface area contributed by atoms with Crippen LogP contribution in [0.4, 0.5) is 5.69 Å². The van der Waals surface area contributed by atoms with Gasteiger partial charge in [-0.15, -0.1) is 0 Å². The molecule has 5 nitrogen and oxygen atoms in total. The minimum Gasteiger partial charge on any atom is -0.367 e. The molecule has 3 aromatic rings. The normalized spacial score (nSPS) is 14.7. The van der Waals surface area contributed by atoms with Crippen molar-refractivity contribution in [3.05, 3.63) is 113 Å². The maximum absolute atomic E-state index is 12.8. The van der Waals surface area contributed by atoms with Crippen molar-refractivity contribution in [3.8, 4) is 11.1 Å². The molecule has 3 aromatic carbocycles. The Hall–Kier alpha value is -4.12. The van der Waals surface area contributed by atoms with E-state index in [4.69, 9.17) is 5.73 Å². The minimum absolute atomic E-state index is 0.0263. The zero-order valence-corrected chi connectivity index (χ0v) is 20.4. The van der Waals surface area contributed by atoms with Crippen LogP contribution in [0.15, 0.2) is 90.5 Å². The highest BCUT2D eigenvalue weighted by atomic mass is 16.2. The van der Waals surface area contributed by atoms with Crippen LogP contribution in [0.2, 0.25) is 0 Å². The first-order chi connectivity index (χ1) is 17.6. The Kier molecular flexibility index (Phi) is 6.99. The van der Waals surface area contributed by atoms with Crippen LogP contribution in [0.5, 0.6) is 0 Å². The molecule has 5 heteroatoms. The number of amides is 2. The van der Waals surface area contributed by atoms with Gasteiger partial charge in [-0.25, -0.2) is 0 Å². The van der Waals surface area contributed by atoms with Crippen molar-refractivity contribution in [2.75, 3.05) is 18.0 Å². The number of nitrogens with two attached hydrogens (primary N) is 1. The first-order valence-corrected chi connectivity index (χ1v) is 12.6. The largest absolute Gasteiger partial charge is 0.367 e. The molecule has 0 fully saturated rings. The van der Waals surface area contributed by atoms with Crippen molar-refractivity contribution < 1.29 is 9.59 Å². The molecule has 36 heavy (non-hydrogen) atoms. The Balaban J connectivity index is 1.27. The molecule has 0 aromatic heterocycles. The molecule has 0 spiro atoms. The van der Waals surface area contributed by atoms with E-state index in [0.29, 0.717) is 17.7 Å². The number of hydrogen-bond donors (Lipinski definition) is 2. The number of rotatable bonds is 7. The summed E-state index contributed by atoms with van der Waals surface area (Å²) >= 11 is 0. The van der Waals surface area contributed by atoms with Crippen LogP contribution in [0.25, 0.3) is 11.1 Å². The van der Waals surface area contributed by atoms with E-state index >= 15 is 0 Å². The van der Waals surface area contributed by atoms with Crippen LogP contribution in [0, 0.1) is 0 Å². The Morgan fingerprint density at radius 3 is 2.58 bits per heavy atom. The lowest BCUT2D eigenvalue weighted by atomic mass is 9.97. The fraction of sp³-hybridized carbons (Fsp3) is 0.226. The second-order valence-corrected chi connectivity index (χ2v) is 9.42. The third-order valence-electron chi connectivity index (χ3n) is 6.91. The summed E-state index contributed by atoms with van der Waals surface area (Å²) < 4.78 is 0. The van der Waals surface area contributed by atoms with Crippen molar-refractivity contribution in [2.24, 2.45) is 5.73 Å². The van der Waals surface area contributed by atoms with Crippen molar-refractivity contribution in [3.63, 3.8) is 0 Å². The summed E-state index contributed by atoms with van der Waals surface area (Å²) in [6, 6.07) is 21.8. The monoisotopic (exact) mass is 477 g/mol. The molecule has 182 valence electrons. The Labute approximate surface area is 212 Å². The van der Waals surface area contributed by atoms with Gasteiger partial charge in [0.2, 0.25) is 5.91 Å². The Morgan fingerprint density at radius 1 is 0.972 bits per heavy atom. The van der Waals surface area contributed by atoms with Gasteiger partial charge in [-0.05, 0) is 77.8 Å². The maximum atomic E-state index is 12.8. The molecule has 3 N–H and O–H groups in total. The summed E-state index contributed by atoms with van der Waals surface area (Å²) in [5, 5.41) is 3.06. The van der Waals surface area contributed by atoms with E-state index in [9.17, 15) is 9.59 Å². The number of benzene rings is 3. The van der Waals surface area contributed by atoms with E-state index in [0.717, 1.165) is 49.9 Å². The van der Waals surface area contributed by atoms with E-state index in [-0.39, 0.29) is 5.91 Å².